The van der Waals surface area contributed by atoms with Crippen LogP contribution in [0, 0.1) is 0 Å². The van der Waals surface area contributed by atoms with Crippen LogP contribution in [0.5, 0.6) is 0 Å². The average molecular weight is 385 g/mol. The smallest absolute Gasteiger partial charge is 0.00114 e. The van der Waals surface area contributed by atoms with Crippen LogP contribution in [0.15, 0.2) is 109 Å². The molecule has 0 radical (unpaired) electrons. The van der Waals surface area contributed by atoms with E-state index in [2.05, 4.69) is 111 Å². The van der Waals surface area contributed by atoms with Gasteiger partial charge in [-0.1, -0.05) is 104 Å². The van der Waals surface area contributed by atoms with Crippen LogP contribution < -0.4 is 0 Å². The molecule has 144 valence electrons. The van der Waals surface area contributed by atoms with Crippen LogP contribution in [-0.4, -0.2) is 0 Å². The molecule has 0 spiro atoms. The first-order chi connectivity index (χ1) is 14.8. The van der Waals surface area contributed by atoms with Crippen LogP contribution in [-0.2, 0) is 0 Å². The van der Waals surface area contributed by atoms with Gasteiger partial charge in [0.25, 0.3) is 0 Å². The molecule has 0 amide bonds. The van der Waals surface area contributed by atoms with Gasteiger partial charge in [-0.25, -0.2) is 0 Å². The van der Waals surface area contributed by atoms with Gasteiger partial charge in [0.1, 0.15) is 0 Å². The molecule has 5 rings (SSSR count). The molecule has 4 aromatic carbocycles. The van der Waals surface area contributed by atoms with E-state index in [1.54, 1.807) is 0 Å². The van der Waals surface area contributed by atoms with Gasteiger partial charge < -0.3 is 0 Å². The van der Waals surface area contributed by atoms with Crippen molar-refractivity contribution in [2.24, 2.45) is 0 Å². The summed E-state index contributed by atoms with van der Waals surface area (Å²) in [6, 6.07) is 30.3. The van der Waals surface area contributed by atoms with Crippen molar-refractivity contribution in [1.82, 2.24) is 0 Å². The van der Waals surface area contributed by atoms with Crippen LogP contribution in [0.2, 0.25) is 0 Å². The highest BCUT2D eigenvalue weighted by Gasteiger charge is 2.30. The number of benzene rings is 4. The second-order valence-corrected chi connectivity index (χ2v) is 7.72. The molecule has 0 fully saturated rings. The van der Waals surface area contributed by atoms with E-state index in [0.29, 0.717) is 0 Å². The van der Waals surface area contributed by atoms with Crippen molar-refractivity contribution < 1.29 is 0 Å². The summed E-state index contributed by atoms with van der Waals surface area (Å²) in [6.07, 6.45) is 4.28. The van der Waals surface area contributed by atoms with E-state index < -0.39 is 0 Å². The standard InChI is InChI=1S/C30H24/c1-4-23-20(3)24(5-2)30-28(22-16-10-7-11-17-22)26-19-13-12-18-25(26)27(29(23)30)21-14-8-6-9-15-21/h4-19H,1H2,2-3H3. The Hall–Kier alpha value is -3.64. The SMILES string of the molecule is C=CC1=C(C)C(=CC)c2c1c(-c1ccccc1)c1ccccc1c2-c1ccccc1. The zero-order valence-electron chi connectivity index (χ0n) is 17.4. The maximum Gasteiger partial charge on any atom is -0.00114 e. The van der Waals surface area contributed by atoms with E-state index >= 15 is 0 Å². The van der Waals surface area contributed by atoms with E-state index in [9.17, 15) is 0 Å². The van der Waals surface area contributed by atoms with E-state index in [1.807, 2.05) is 6.08 Å². The number of allylic oxidation sites excluding steroid dienone is 5. The van der Waals surface area contributed by atoms with Crippen LogP contribution in [0.1, 0.15) is 25.0 Å². The summed E-state index contributed by atoms with van der Waals surface area (Å²) >= 11 is 0. The van der Waals surface area contributed by atoms with Crippen molar-refractivity contribution >= 4 is 21.9 Å². The van der Waals surface area contributed by atoms with Gasteiger partial charge in [-0.15, -0.1) is 0 Å². The summed E-state index contributed by atoms with van der Waals surface area (Å²) in [6.45, 7) is 8.56. The highest BCUT2D eigenvalue weighted by Crippen LogP contribution is 2.53. The molecule has 1 aliphatic carbocycles. The zero-order chi connectivity index (χ0) is 20.7. The van der Waals surface area contributed by atoms with Crippen LogP contribution >= 0.6 is 0 Å². The third-order valence-corrected chi connectivity index (χ3v) is 6.18. The lowest BCUT2D eigenvalue weighted by molar-refractivity contribution is 1.54. The third kappa shape index (κ3) is 2.61. The molecular weight excluding hydrogens is 360 g/mol. The Morgan fingerprint density at radius 3 is 1.53 bits per heavy atom. The maximum atomic E-state index is 4.19. The lowest BCUT2D eigenvalue weighted by atomic mass is 9.82. The van der Waals surface area contributed by atoms with Gasteiger partial charge in [0.05, 0.1) is 0 Å². The molecule has 0 saturated heterocycles. The summed E-state index contributed by atoms with van der Waals surface area (Å²) in [5.74, 6) is 0. The molecule has 0 unspecified atom stereocenters. The van der Waals surface area contributed by atoms with E-state index in [1.165, 1.54) is 60.9 Å². The molecule has 30 heavy (non-hydrogen) atoms. The fourth-order valence-electron chi connectivity index (χ4n) is 4.92. The average Bonchev–Trinajstić information content (AvgIpc) is 3.09. The molecule has 4 aromatic rings. The van der Waals surface area contributed by atoms with Crippen LogP contribution in [0.4, 0.5) is 0 Å². The number of hydrogen-bond donors (Lipinski definition) is 0. The second kappa shape index (κ2) is 7.31. The van der Waals surface area contributed by atoms with Crippen molar-refractivity contribution in [2.45, 2.75) is 13.8 Å². The van der Waals surface area contributed by atoms with Crippen LogP contribution in [0.3, 0.4) is 0 Å². The second-order valence-electron chi connectivity index (χ2n) is 7.72. The number of rotatable bonds is 3. The van der Waals surface area contributed by atoms with Crippen molar-refractivity contribution in [2.75, 3.05) is 0 Å². The molecule has 0 atom stereocenters. The lowest BCUT2D eigenvalue weighted by Gasteiger charge is -2.21. The largest absolute Gasteiger partial charge is 0.0984 e. The van der Waals surface area contributed by atoms with Gasteiger partial charge in [0.2, 0.25) is 0 Å². The molecule has 0 N–H and O–H groups in total. The van der Waals surface area contributed by atoms with Crippen LogP contribution in [0.25, 0.3) is 44.2 Å². The fourth-order valence-corrected chi connectivity index (χ4v) is 4.92. The summed E-state index contributed by atoms with van der Waals surface area (Å²) in [4.78, 5) is 0. The Morgan fingerprint density at radius 2 is 1.07 bits per heavy atom. The third-order valence-electron chi connectivity index (χ3n) is 6.18. The van der Waals surface area contributed by atoms with Gasteiger partial charge in [-0.3, -0.25) is 0 Å². The van der Waals surface area contributed by atoms with Gasteiger partial charge in [-0.2, -0.15) is 0 Å². The first-order valence-electron chi connectivity index (χ1n) is 10.5. The molecule has 0 saturated carbocycles. The predicted molar refractivity (Wildman–Crippen MR) is 131 cm³/mol. The maximum absolute atomic E-state index is 4.19. The highest BCUT2D eigenvalue weighted by molar-refractivity contribution is 6.19. The minimum absolute atomic E-state index is 1.24. The van der Waals surface area contributed by atoms with Crippen molar-refractivity contribution in [3.05, 3.63) is 120 Å². The number of fused-ring (bicyclic) bond motifs is 2. The first kappa shape index (κ1) is 18.4. The first-order valence-corrected chi connectivity index (χ1v) is 10.5. The van der Waals surface area contributed by atoms with E-state index in [0.717, 1.165) is 0 Å². The summed E-state index contributed by atoms with van der Waals surface area (Å²) in [7, 11) is 0. The molecular formula is C30H24. The van der Waals surface area contributed by atoms with Crippen molar-refractivity contribution in [3.63, 3.8) is 0 Å². The van der Waals surface area contributed by atoms with Gasteiger partial charge in [0.15, 0.2) is 0 Å². The molecule has 0 aliphatic heterocycles. The number of hydrogen-bond acceptors (Lipinski definition) is 0. The Bertz CT molecular complexity index is 1330. The van der Waals surface area contributed by atoms with E-state index in [4.69, 9.17) is 0 Å². The van der Waals surface area contributed by atoms with Crippen molar-refractivity contribution in [3.8, 4) is 22.3 Å². The molecule has 1 aliphatic rings. The zero-order valence-corrected chi connectivity index (χ0v) is 17.4. The predicted octanol–water partition coefficient (Wildman–Crippen LogP) is 8.55. The normalized spacial score (nSPS) is 14.4. The lowest BCUT2D eigenvalue weighted by Crippen LogP contribution is -1.97. The summed E-state index contributed by atoms with van der Waals surface area (Å²) in [5.41, 5.74) is 11.6. The Kier molecular flexibility index (Phi) is 4.48. The minimum Gasteiger partial charge on any atom is -0.0984 e. The van der Waals surface area contributed by atoms with Gasteiger partial charge in [0, 0.05) is 0 Å². The molecule has 0 heteroatoms. The monoisotopic (exact) mass is 384 g/mol. The summed E-state index contributed by atoms with van der Waals surface area (Å²) < 4.78 is 0. The Labute approximate surface area is 178 Å². The highest BCUT2D eigenvalue weighted by atomic mass is 14.3. The van der Waals surface area contributed by atoms with Gasteiger partial charge in [-0.05, 0) is 74.7 Å². The van der Waals surface area contributed by atoms with Gasteiger partial charge >= 0.3 is 0 Å². The van der Waals surface area contributed by atoms with Crippen molar-refractivity contribution in [1.29, 1.82) is 0 Å². The molecule has 0 bridgehead atoms. The topological polar surface area (TPSA) is 0 Å². The minimum atomic E-state index is 1.24. The molecule has 0 nitrogen and oxygen atoms in total. The molecule has 0 aromatic heterocycles. The summed E-state index contributed by atoms with van der Waals surface area (Å²) in [5, 5.41) is 2.57. The van der Waals surface area contributed by atoms with E-state index in [-0.39, 0.29) is 0 Å². The quantitative estimate of drug-likeness (QED) is 0.332. The Morgan fingerprint density at radius 1 is 0.600 bits per heavy atom. The Balaban J connectivity index is 2.06. The fraction of sp³-hybridized carbons (Fsp3) is 0.0667. The molecule has 0 heterocycles.